The van der Waals surface area contributed by atoms with Gasteiger partial charge in [0.05, 0.1) is 31.9 Å². The van der Waals surface area contributed by atoms with E-state index in [0.717, 1.165) is 6.42 Å². The van der Waals surface area contributed by atoms with Crippen molar-refractivity contribution >= 4 is 51.8 Å². The van der Waals surface area contributed by atoms with Gasteiger partial charge in [-0.2, -0.15) is 0 Å². The van der Waals surface area contributed by atoms with Gasteiger partial charge in [0, 0.05) is 13.1 Å². The van der Waals surface area contributed by atoms with Crippen LogP contribution in [0.1, 0.15) is 24.5 Å². The summed E-state index contributed by atoms with van der Waals surface area (Å²) in [7, 11) is 0. The van der Waals surface area contributed by atoms with E-state index in [1.165, 1.54) is 27.5 Å². The van der Waals surface area contributed by atoms with Crippen LogP contribution in [-0.2, 0) is 17.8 Å². The summed E-state index contributed by atoms with van der Waals surface area (Å²) in [5, 5.41) is 1.30. The minimum absolute atomic E-state index is 0.0510. The van der Waals surface area contributed by atoms with Crippen molar-refractivity contribution in [2.24, 2.45) is 0 Å². The van der Waals surface area contributed by atoms with Crippen LogP contribution in [0.2, 0.25) is 10.0 Å². The molecule has 5 rings (SSSR count). The molecular weight excluding hydrogens is 501 g/mol. The molecule has 1 aliphatic heterocycles. The first-order valence-corrected chi connectivity index (χ1v) is 13.1. The molecular formula is C27H23Cl2N3O2S. The zero-order chi connectivity index (χ0) is 24.5. The predicted octanol–water partition coefficient (Wildman–Crippen LogP) is 6.15. The molecule has 0 spiro atoms. The minimum Gasteiger partial charge on any atom is -0.337 e. The summed E-state index contributed by atoms with van der Waals surface area (Å²) in [5.41, 5.74) is 3.40. The Hall–Kier alpha value is -2.80. The summed E-state index contributed by atoms with van der Waals surface area (Å²) in [6.45, 7) is 3.25. The molecule has 8 heteroatoms. The van der Waals surface area contributed by atoms with Gasteiger partial charge in [-0.15, -0.1) is 0 Å². The lowest BCUT2D eigenvalue weighted by molar-refractivity contribution is -0.131. The molecule has 0 saturated carbocycles. The van der Waals surface area contributed by atoms with Gasteiger partial charge in [0.2, 0.25) is 5.91 Å². The van der Waals surface area contributed by atoms with Crippen molar-refractivity contribution in [3.63, 3.8) is 0 Å². The van der Waals surface area contributed by atoms with Crippen LogP contribution in [0.15, 0.2) is 76.7 Å². The molecule has 0 N–H and O–H groups in total. The summed E-state index contributed by atoms with van der Waals surface area (Å²) < 4.78 is 1.52. The van der Waals surface area contributed by atoms with E-state index >= 15 is 0 Å². The highest BCUT2D eigenvalue weighted by Gasteiger charge is 2.29. The van der Waals surface area contributed by atoms with E-state index < -0.39 is 0 Å². The number of carbonyl (C=O) groups excluding carboxylic acids is 1. The van der Waals surface area contributed by atoms with Crippen molar-refractivity contribution in [3.05, 3.63) is 98.3 Å². The lowest BCUT2D eigenvalue weighted by Crippen LogP contribution is -2.41. The first-order valence-electron chi connectivity index (χ1n) is 11.5. The van der Waals surface area contributed by atoms with Crippen LogP contribution in [0, 0.1) is 0 Å². The molecule has 0 saturated heterocycles. The summed E-state index contributed by atoms with van der Waals surface area (Å²) in [5.74, 6) is 0.0510. The number of aromatic nitrogens is 2. The molecule has 35 heavy (non-hydrogen) atoms. The van der Waals surface area contributed by atoms with Crippen LogP contribution in [-0.4, -0.2) is 32.2 Å². The molecule has 0 aliphatic carbocycles. The molecule has 1 aliphatic rings. The fourth-order valence-corrected chi connectivity index (χ4v) is 5.77. The standard InChI is InChI=1S/C27H23Cl2N3O2S/c1-2-24(26(34)31-14-13-17-7-3-4-8-18(17)16-31)35-27-30-23-10-6-5-9-20(23)25(33)32(27)19-11-12-21(28)22(29)15-19/h3-12,15,24H,2,13-14,16H2,1H3. The monoisotopic (exact) mass is 523 g/mol. The minimum atomic E-state index is -0.387. The molecule has 0 fully saturated rings. The van der Waals surface area contributed by atoms with E-state index in [1.807, 2.05) is 42.2 Å². The van der Waals surface area contributed by atoms with Crippen LogP contribution >= 0.6 is 35.0 Å². The largest absolute Gasteiger partial charge is 0.337 e. The second-order valence-electron chi connectivity index (χ2n) is 8.44. The molecule has 3 aromatic carbocycles. The number of benzene rings is 3. The fraction of sp³-hybridized carbons (Fsp3) is 0.222. The first-order chi connectivity index (χ1) is 17.0. The van der Waals surface area contributed by atoms with Gasteiger partial charge in [0.1, 0.15) is 0 Å². The predicted molar refractivity (Wildman–Crippen MR) is 143 cm³/mol. The van der Waals surface area contributed by atoms with Crippen LogP contribution in [0.4, 0.5) is 0 Å². The average Bonchev–Trinajstić information content (AvgIpc) is 2.88. The molecule has 1 atom stereocenters. The first kappa shape index (κ1) is 23.9. The maximum atomic E-state index is 13.6. The normalized spacial score (nSPS) is 14.1. The Morgan fingerprint density at radius 3 is 2.54 bits per heavy atom. The molecule has 1 unspecified atom stereocenters. The number of rotatable bonds is 5. The van der Waals surface area contributed by atoms with Crippen LogP contribution < -0.4 is 5.56 Å². The van der Waals surface area contributed by atoms with Crippen molar-refractivity contribution in [2.75, 3.05) is 6.54 Å². The van der Waals surface area contributed by atoms with Gasteiger partial charge in [-0.3, -0.25) is 14.2 Å². The number of fused-ring (bicyclic) bond motifs is 2. The summed E-state index contributed by atoms with van der Waals surface area (Å²) in [4.78, 5) is 33.9. The Morgan fingerprint density at radius 2 is 1.77 bits per heavy atom. The van der Waals surface area contributed by atoms with Gasteiger partial charge < -0.3 is 4.90 Å². The van der Waals surface area contributed by atoms with Gasteiger partial charge in [0.25, 0.3) is 5.56 Å². The van der Waals surface area contributed by atoms with Crippen molar-refractivity contribution < 1.29 is 4.79 Å². The van der Waals surface area contributed by atoms with E-state index in [0.29, 0.717) is 51.3 Å². The molecule has 1 amide bonds. The van der Waals surface area contributed by atoms with Crippen LogP contribution in [0.25, 0.3) is 16.6 Å². The smallest absolute Gasteiger partial charge is 0.266 e. The fourth-order valence-electron chi connectivity index (χ4n) is 4.37. The van der Waals surface area contributed by atoms with E-state index in [4.69, 9.17) is 28.2 Å². The van der Waals surface area contributed by atoms with Crippen molar-refractivity contribution in [2.45, 2.75) is 36.7 Å². The Balaban J connectivity index is 1.53. The number of hydrogen-bond acceptors (Lipinski definition) is 4. The van der Waals surface area contributed by atoms with E-state index in [1.54, 1.807) is 24.3 Å². The van der Waals surface area contributed by atoms with Crippen molar-refractivity contribution in [3.8, 4) is 5.69 Å². The Kier molecular flexibility index (Phi) is 6.87. The molecule has 1 aromatic heterocycles. The molecule has 0 radical (unpaired) electrons. The van der Waals surface area contributed by atoms with Gasteiger partial charge in [-0.05, 0) is 54.3 Å². The summed E-state index contributed by atoms with van der Waals surface area (Å²) in [6, 6.07) is 20.5. The zero-order valence-electron chi connectivity index (χ0n) is 19.1. The topological polar surface area (TPSA) is 55.2 Å². The molecule has 2 heterocycles. The molecule has 0 bridgehead atoms. The number of thioether (sulfide) groups is 1. The maximum absolute atomic E-state index is 13.6. The van der Waals surface area contributed by atoms with E-state index in [-0.39, 0.29) is 16.7 Å². The third-order valence-electron chi connectivity index (χ3n) is 6.24. The lowest BCUT2D eigenvalue weighted by Gasteiger charge is -2.31. The van der Waals surface area contributed by atoms with Gasteiger partial charge in [-0.25, -0.2) is 4.98 Å². The number of halogens is 2. The molecule has 5 nitrogen and oxygen atoms in total. The average molecular weight is 524 g/mol. The van der Waals surface area contributed by atoms with Gasteiger partial charge in [-0.1, -0.05) is 78.3 Å². The Morgan fingerprint density at radius 1 is 1.03 bits per heavy atom. The second kappa shape index (κ2) is 10.1. The third-order valence-corrected chi connectivity index (χ3v) is 8.29. The van der Waals surface area contributed by atoms with Gasteiger partial charge >= 0.3 is 0 Å². The second-order valence-corrected chi connectivity index (χ2v) is 10.4. The van der Waals surface area contributed by atoms with E-state index in [2.05, 4.69) is 12.1 Å². The molecule has 4 aromatic rings. The maximum Gasteiger partial charge on any atom is 0.266 e. The number of para-hydroxylation sites is 1. The molecule has 178 valence electrons. The van der Waals surface area contributed by atoms with Crippen LogP contribution in [0.5, 0.6) is 0 Å². The van der Waals surface area contributed by atoms with Gasteiger partial charge in [0.15, 0.2) is 5.16 Å². The van der Waals surface area contributed by atoms with Crippen molar-refractivity contribution in [1.29, 1.82) is 0 Å². The quantitative estimate of drug-likeness (QED) is 0.232. The third kappa shape index (κ3) is 4.70. The number of hydrogen-bond donors (Lipinski definition) is 0. The number of carbonyl (C=O) groups is 1. The highest BCUT2D eigenvalue weighted by atomic mass is 35.5. The highest BCUT2D eigenvalue weighted by Crippen LogP contribution is 2.31. The summed E-state index contributed by atoms with van der Waals surface area (Å²) in [6.07, 6.45) is 1.44. The lowest BCUT2D eigenvalue weighted by atomic mass is 9.99. The summed E-state index contributed by atoms with van der Waals surface area (Å²) >= 11 is 13.7. The Labute approximate surface area is 217 Å². The number of nitrogens with zero attached hydrogens (tertiary/aromatic N) is 3. The van der Waals surface area contributed by atoms with Crippen molar-refractivity contribution in [1.82, 2.24) is 14.5 Å². The van der Waals surface area contributed by atoms with E-state index in [9.17, 15) is 9.59 Å². The van der Waals surface area contributed by atoms with Crippen LogP contribution in [0.3, 0.4) is 0 Å². The SMILES string of the molecule is CCC(Sc1nc2ccccc2c(=O)n1-c1ccc(Cl)c(Cl)c1)C(=O)N1CCc2ccccc2C1. The Bertz CT molecular complexity index is 1490. The highest BCUT2D eigenvalue weighted by molar-refractivity contribution is 8.00. The zero-order valence-corrected chi connectivity index (χ0v) is 21.4. The number of amides is 1.